The van der Waals surface area contributed by atoms with Crippen LogP contribution in [0.5, 0.6) is 0 Å². The molecule has 0 spiro atoms. The Labute approximate surface area is 322 Å². The molecule has 11 aromatic rings. The SMILES string of the molecule is c1ccc(-c2ccc(-c3ccc(N(c4ccc(-c5ccc6c(c5)sc5ccccc56)cc4)c4cccc5oc6c7ccccc7ccc6c45)cc3)cc2)cc1. The Morgan fingerprint density at radius 3 is 1.64 bits per heavy atom. The molecule has 0 aliphatic heterocycles. The molecule has 0 unspecified atom stereocenters. The summed E-state index contributed by atoms with van der Waals surface area (Å²) < 4.78 is 9.29. The first kappa shape index (κ1) is 31.6. The fourth-order valence-electron chi connectivity index (χ4n) is 8.15. The van der Waals surface area contributed by atoms with Crippen LogP contribution in [-0.4, -0.2) is 0 Å². The number of benzene rings is 9. The average Bonchev–Trinajstić information content (AvgIpc) is 3.84. The number of rotatable bonds is 6. The van der Waals surface area contributed by atoms with Crippen LogP contribution in [0.2, 0.25) is 0 Å². The molecule has 0 fully saturated rings. The molecule has 0 amide bonds. The van der Waals surface area contributed by atoms with Crippen LogP contribution in [0.1, 0.15) is 0 Å². The van der Waals surface area contributed by atoms with Gasteiger partial charge >= 0.3 is 0 Å². The zero-order valence-corrected chi connectivity index (χ0v) is 30.6. The van der Waals surface area contributed by atoms with E-state index in [4.69, 9.17) is 4.42 Å². The zero-order valence-electron chi connectivity index (χ0n) is 29.8. The van der Waals surface area contributed by atoms with Crippen molar-refractivity contribution < 1.29 is 4.42 Å². The summed E-state index contributed by atoms with van der Waals surface area (Å²) in [5.41, 5.74) is 12.2. The van der Waals surface area contributed by atoms with E-state index in [1.807, 2.05) is 11.3 Å². The minimum absolute atomic E-state index is 0.872. The number of anilines is 3. The highest BCUT2D eigenvalue weighted by Crippen LogP contribution is 2.45. The van der Waals surface area contributed by atoms with E-state index in [9.17, 15) is 0 Å². The maximum Gasteiger partial charge on any atom is 0.143 e. The van der Waals surface area contributed by atoms with Crippen LogP contribution in [0.3, 0.4) is 0 Å². The molecule has 0 aliphatic carbocycles. The summed E-state index contributed by atoms with van der Waals surface area (Å²) in [5, 5.41) is 7.14. The normalized spacial score (nSPS) is 11.6. The van der Waals surface area contributed by atoms with Crippen LogP contribution in [0.4, 0.5) is 17.1 Å². The highest BCUT2D eigenvalue weighted by Gasteiger charge is 2.21. The summed E-state index contributed by atoms with van der Waals surface area (Å²) >= 11 is 1.86. The molecule has 2 heterocycles. The van der Waals surface area contributed by atoms with E-state index in [0.29, 0.717) is 0 Å². The van der Waals surface area contributed by atoms with Crippen LogP contribution in [0.25, 0.3) is 86.3 Å². The van der Waals surface area contributed by atoms with Crippen LogP contribution >= 0.6 is 11.3 Å². The number of hydrogen-bond acceptors (Lipinski definition) is 3. The summed E-state index contributed by atoms with van der Waals surface area (Å²) in [5.74, 6) is 0. The molecule has 258 valence electrons. The van der Waals surface area contributed by atoms with E-state index in [1.165, 1.54) is 58.9 Å². The van der Waals surface area contributed by atoms with Crippen LogP contribution in [-0.2, 0) is 0 Å². The van der Waals surface area contributed by atoms with Gasteiger partial charge in [-0.2, -0.15) is 0 Å². The number of nitrogens with zero attached hydrogens (tertiary/aromatic N) is 1. The highest BCUT2D eigenvalue weighted by atomic mass is 32.1. The predicted molar refractivity (Wildman–Crippen MR) is 235 cm³/mol. The van der Waals surface area contributed by atoms with Gasteiger partial charge in [0.2, 0.25) is 0 Å². The third-order valence-electron chi connectivity index (χ3n) is 10.9. The molecule has 9 aromatic carbocycles. The molecule has 0 atom stereocenters. The fourth-order valence-corrected chi connectivity index (χ4v) is 9.29. The smallest absolute Gasteiger partial charge is 0.143 e. The third-order valence-corrected chi connectivity index (χ3v) is 12.0. The van der Waals surface area contributed by atoms with E-state index in [1.54, 1.807) is 0 Å². The van der Waals surface area contributed by atoms with Gasteiger partial charge in [-0.15, -0.1) is 11.3 Å². The third kappa shape index (κ3) is 5.40. The molecule has 0 N–H and O–H groups in total. The molecule has 0 bridgehead atoms. The van der Waals surface area contributed by atoms with E-state index < -0.39 is 0 Å². The molecule has 11 rings (SSSR count). The number of hydrogen-bond donors (Lipinski definition) is 0. The first-order valence-corrected chi connectivity index (χ1v) is 19.5. The monoisotopic (exact) mass is 719 g/mol. The van der Waals surface area contributed by atoms with E-state index in [-0.39, 0.29) is 0 Å². The van der Waals surface area contributed by atoms with E-state index >= 15 is 0 Å². The Bertz CT molecular complexity index is 3170. The molecule has 55 heavy (non-hydrogen) atoms. The first-order chi connectivity index (χ1) is 27.2. The molecule has 2 aromatic heterocycles. The van der Waals surface area contributed by atoms with Crippen molar-refractivity contribution >= 4 is 81.3 Å². The van der Waals surface area contributed by atoms with E-state index in [0.717, 1.165) is 44.4 Å². The van der Waals surface area contributed by atoms with Gasteiger partial charge in [0, 0.05) is 42.3 Å². The van der Waals surface area contributed by atoms with Gasteiger partial charge in [0.05, 0.1) is 11.1 Å². The summed E-state index contributed by atoms with van der Waals surface area (Å²) in [7, 11) is 0. The number of furan rings is 1. The van der Waals surface area contributed by atoms with Gasteiger partial charge in [-0.3, -0.25) is 0 Å². The first-order valence-electron chi connectivity index (χ1n) is 18.7. The second-order valence-corrected chi connectivity index (χ2v) is 15.2. The molecule has 0 radical (unpaired) electrons. The predicted octanol–water partition coefficient (Wildman–Crippen LogP) is 15.6. The Hall–Kier alpha value is -6.94. The lowest BCUT2D eigenvalue weighted by molar-refractivity contribution is 0.672. The highest BCUT2D eigenvalue weighted by molar-refractivity contribution is 7.25. The van der Waals surface area contributed by atoms with Crippen molar-refractivity contribution in [1.29, 1.82) is 0 Å². The summed E-state index contributed by atoms with van der Waals surface area (Å²) in [6.07, 6.45) is 0. The minimum atomic E-state index is 0.872. The topological polar surface area (TPSA) is 16.4 Å². The molecule has 2 nitrogen and oxygen atoms in total. The molecule has 0 saturated heterocycles. The Kier molecular flexibility index (Phi) is 7.39. The second kappa shape index (κ2) is 12.9. The second-order valence-electron chi connectivity index (χ2n) is 14.1. The number of thiophene rings is 1. The van der Waals surface area contributed by atoms with Gasteiger partial charge in [0.15, 0.2) is 0 Å². The molecular formula is C52H33NOS. The Morgan fingerprint density at radius 1 is 0.364 bits per heavy atom. The van der Waals surface area contributed by atoms with Crippen molar-refractivity contribution in [3.63, 3.8) is 0 Å². The van der Waals surface area contributed by atoms with Gasteiger partial charge in [-0.1, -0.05) is 146 Å². The zero-order chi connectivity index (χ0) is 36.3. The summed E-state index contributed by atoms with van der Waals surface area (Å²) in [6.45, 7) is 0. The lowest BCUT2D eigenvalue weighted by atomic mass is 9.99. The van der Waals surface area contributed by atoms with Crippen molar-refractivity contribution in [2.24, 2.45) is 0 Å². The van der Waals surface area contributed by atoms with Crippen molar-refractivity contribution in [1.82, 2.24) is 0 Å². The van der Waals surface area contributed by atoms with E-state index in [2.05, 4.69) is 205 Å². The van der Waals surface area contributed by atoms with Gasteiger partial charge in [-0.25, -0.2) is 0 Å². The summed E-state index contributed by atoms with van der Waals surface area (Å²) in [4.78, 5) is 2.37. The Balaban J connectivity index is 1.02. The van der Waals surface area contributed by atoms with Gasteiger partial charge in [-0.05, 0) is 93.4 Å². The van der Waals surface area contributed by atoms with Crippen LogP contribution in [0, 0.1) is 0 Å². The molecule has 3 heteroatoms. The van der Waals surface area contributed by atoms with Crippen LogP contribution < -0.4 is 4.90 Å². The van der Waals surface area contributed by atoms with Crippen molar-refractivity contribution in [3.05, 3.63) is 200 Å². The van der Waals surface area contributed by atoms with Crippen molar-refractivity contribution in [3.8, 4) is 33.4 Å². The lowest BCUT2D eigenvalue weighted by Crippen LogP contribution is -2.10. The van der Waals surface area contributed by atoms with Crippen molar-refractivity contribution in [2.45, 2.75) is 0 Å². The van der Waals surface area contributed by atoms with Crippen LogP contribution in [0.15, 0.2) is 205 Å². The maximum atomic E-state index is 6.65. The lowest BCUT2D eigenvalue weighted by Gasteiger charge is -2.26. The van der Waals surface area contributed by atoms with Crippen molar-refractivity contribution in [2.75, 3.05) is 4.90 Å². The van der Waals surface area contributed by atoms with Gasteiger partial charge in [0.1, 0.15) is 11.2 Å². The quantitative estimate of drug-likeness (QED) is 0.170. The van der Waals surface area contributed by atoms with Gasteiger partial charge in [0.25, 0.3) is 0 Å². The molecule has 0 saturated carbocycles. The fraction of sp³-hybridized carbons (Fsp3) is 0. The standard InChI is InChI=1S/C52H33NOS/c1-2-9-34(10-3-1)35-17-19-36(20-18-35)37-21-27-41(28-22-37)53(47-14-8-15-48-51(47)46-32-25-39-11-4-5-12-43(39)52(46)54-48)42-29-23-38(24-30-42)40-26-31-45-44-13-6-7-16-49(44)55-50(45)33-40/h1-33H. The number of fused-ring (bicyclic) bond motifs is 8. The van der Waals surface area contributed by atoms with Gasteiger partial charge < -0.3 is 9.32 Å². The molecule has 0 aliphatic rings. The average molecular weight is 720 g/mol. The summed E-state index contributed by atoms with van der Waals surface area (Å²) in [6, 6.07) is 72.1. The molecular weight excluding hydrogens is 687 g/mol. The Morgan fingerprint density at radius 2 is 0.909 bits per heavy atom. The largest absolute Gasteiger partial charge is 0.455 e. The maximum absolute atomic E-state index is 6.65. The minimum Gasteiger partial charge on any atom is -0.455 e.